The Hall–Kier alpha value is -0.0800. The van der Waals surface area contributed by atoms with E-state index < -0.39 is 0 Å². The van der Waals surface area contributed by atoms with Crippen LogP contribution in [0.5, 0.6) is 0 Å². The van der Waals surface area contributed by atoms with Crippen molar-refractivity contribution in [1.82, 2.24) is 4.90 Å². The van der Waals surface area contributed by atoms with Crippen molar-refractivity contribution < 1.29 is 5.11 Å². The Balaban J connectivity index is 2.30. The van der Waals surface area contributed by atoms with Gasteiger partial charge in [-0.25, -0.2) is 0 Å². The van der Waals surface area contributed by atoms with Gasteiger partial charge in [0.2, 0.25) is 0 Å². The monoisotopic (exact) mass is 241 g/mol. The highest BCUT2D eigenvalue weighted by Crippen LogP contribution is 2.34. The lowest BCUT2D eigenvalue weighted by Gasteiger charge is -2.38. The summed E-state index contributed by atoms with van der Waals surface area (Å²) in [5, 5.41) is 9.59. The molecule has 1 saturated carbocycles. The summed E-state index contributed by atoms with van der Waals surface area (Å²) in [5.41, 5.74) is 0. The molecule has 1 N–H and O–H groups in total. The minimum Gasteiger partial charge on any atom is -0.379 e. The van der Waals surface area contributed by atoms with Crippen molar-refractivity contribution in [2.24, 2.45) is 11.8 Å². The minimum absolute atomic E-state index is 0.297. The molecule has 0 aromatic rings. The highest BCUT2D eigenvalue weighted by molar-refractivity contribution is 4.80. The summed E-state index contributed by atoms with van der Waals surface area (Å²) in [7, 11) is 2.05. The molecule has 0 bridgehead atoms. The number of nitrogens with zero attached hydrogens (tertiary/aromatic N) is 1. The summed E-state index contributed by atoms with van der Waals surface area (Å²) >= 11 is 0. The molecule has 2 atom stereocenters. The first-order chi connectivity index (χ1) is 8.06. The zero-order valence-corrected chi connectivity index (χ0v) is 12.2. The van der Waals surface area contributed by atoms with E-state index in [0.29, 0.717) is 6.04 Å². The van der Waals surface area contributed by atoms with Crippen LogP contribution in [0.1, 0.15) is 65.7 Å². The number of rotatable bonds is 6. The third kappa shape index (κ3) is 4.59. The van der Waals surface area contributed by atoms with E-state index in [0.717, 1.165) is 11.8 Å². The molecule has 2 unspecified atom stereocenters. The summed E-state index contributed by atoms with van der Waals surface area (Å²) in [6, 6.07) is 0.602. The molecule has 17 heavy (non-hydrogen) atoms. The maximum absolute atomic E-state index is 9.59. The Morgan fingerprint density at radius 1 is 1.18 bits per heavy atom. The first-order valence-electron chi connectivity index (χ1n) is 7.46. The zero-order chi connectivity index (χ0) is 12.8. The van der Waals surface area contributed by atoms with Gasteiger partial charge in [-0.05, 0) is 51.5 Å². The molecule has 0 aromatic heterocycles. The molecule has 2 heteroatoms. The van der Waals surface area contributed by atoms with Gasteiger partial charge in [-0.15, -0.1) is 0 Å². The standard InChI is InChI=1S/C15H31NO/c1-5-6-7-12(2)14-8-10-15(11-9-14)16(4)13(3)17/h12-15,17H,5-11H2,1-4H3. The van der Waals surface area contributed by atoms with Crippen molar-refractivity contribution >= 4 is 0 Å². The Morgan fingerprint density at radius 2 is 1.76 bits per heavy atom. The molecule has 0 spiro atoms. The van der Waals surface area contributed by atoms with Gasteiger partial charge in [0, 0.05) is 6.04 Å². The maximum Gasteiger partial charge on any atom is 0.104 e. The average Bonchev–Trinajstić information content (AvgIpc) is 2.35. The topological polar surface area (TPSA) is 23.5 Å². The second-order valence-electron chi connectivity index (χ2n) is 5.99. The first kappa shape index (κ1) is 15.0. The van der Waals surface area contributed by atoms with Crippen LogP contribution >= 0.6 is 0 Å². The molecular weight excluding hydrogens is 210 g/mol. The van der Waals surface area contributed by atoms with Crippen molar-refractivity contribution in [1.29, 1.82) is 0 Å². The predicted molar refractivity (Wildman–Crippen MR) is 73.9 cm³/mol. The lowest BCUT2D eigenvalue weighted by Crippen LogP contribution is -2.41. The van der Waals surface area contributed by atoms with Gasteiger partial charge in [-0.1, -0.05) is 33.1 Å². The Labute approximate surface area is 107 Å². The lowest BCUT2D eigenvalue weighted by molar-refractivity contribution is -0.00907. The van der Waals surface area contributed by atoms with Crippen LogP contribution in [0.25, 0.3) is 0 Å². The molecule has 1 aliphatic carbocycles. The van der Waals surface area contributed by atoms with Gasteiger partial charge in [0.1, 0.15) is 6.23 Å². The SMILES string of the molecule is CCCCC(C)C1CCC(N(C)C(C)O)CC1. The number of hydrogen-bond donors (Lipinski definition) is 1. The summed E-state index contributed by atoms with van der Waals surface area (Å²) in [6.45, 7) is 6.58. The summed E-state index contributed by atoms with van der Waals surface area (Å²) in [4.78, 5) is 2.13. The fraction of sp³-hybridized carbons (Fsp3) is 1.00. The second-order valence-corrected chi connectivity index (χ2v) is 5.99. The van der Waals surface area contributed by atoms with E-state index in [1.165, 1.54) is 44.9 Å². The molecule has 0 radical (unpaired) electrons. The smallest absolute Gasteiger partial charge is 0.104 e. The van der Waals surface area contributed by atoms with Crippen molar-refractivity contribution in [3.8, 4) is 0 Å². The third-order valence-corrected chi connectivity index (χ3v) is 4.72. The van der Waals surface area contributed by atoms with Crippen LogP contribution in [0.4, 0.5) is 0 Å². The van der Waals surface area contributed by atoms with E-state index in [1.54, 1.807) is 0 Å². The van der Waals surface area contributed by atoms with E-state index in [-0.39, 0.29) is 6.23 Å². The summed E-state index contributed by atoms with van der Waals surface area (Å²) < 4.78 is 0. The summed E-state index contributed by atoms with van der Waals surface area (Å²) in [6.07, 6.45) is 9.05. The highest BCUT2D eigenvalue weighted by Gasteiger charge is 2.27. The predicted octanol–water partition coefficient (Wildman–Crippen LogP) is 3.64. The van der Waals surface area contributed by atoms with Crippen molar-refractivity contribution in [2.75, 3.05) is 7.05 Å². The van der Waals surface area contributed by atoms with Crippen molar-refractivity contribution in [2.45, 2.75) is 78.0 Å². The number of aliphatic hydroxyl groups excluding tert-OH is 1. The molecule has 2 nitrogen and oxygen atoms in total. The molecule has 102 valence electrons. The van der Waals surface area contributed by atoms with E-state index in [9.17, 15) is 5.11 Å². The quantitative estimate of drug-likeness (QED) is 0.718. The van der Waals surface area contributed by atoms with Gasteiger partial charge in [0.05, 0.1) is 0 Å². The van der Waals surface area contributed by atoms with E-state index in [1.807, 2.05) is 6.92 Å². The van der Waals surface area contributed by atoms with Crippen LogP contribution in [-0.4, -0.2) is 29.3 Å². The molecule has 0 saturated heterocycles. The van der Waals surface area contributed by atoms with Gasteiger partial charge >= 0.3 is 0 Å². The van der Waals surface area contributed by atoms with Gasteiger partial charge in [0.25, 0.3) is 0 Å². The molecule has 0 heterocycles. The molecule has 0 aromatic carbocycles. The van der Waals surface area contributed by atoms with E-state index >= 15 is 0 Å². The normalized spacial score (nSPS) is 29.3. The molecule has 0 aliphatic heterocycles. The minimum atomic E-state index is -0.297. The summed E-state index contributed by atoms with van der Waals surface area (Å²) in [5.74, 6) is 1.83. The molecule has 1 rings (SSSR count). The maximum atomic E-state index is 9.59. The van der Waals surface area contributed by atoms with E-state index in [4.69, 9.17) is 0 Å². The van der Waals surface area contributed by atoms with Crippen LogP contribution in [0.15, 0.2) is 0 Å². The average molecular weight is 241 g/mol. The van der Waals surface area contributed by atoms with Gasteiger partial charge < -0.3 is 5.11 Å². The largest absolute Gasteiger partial charge is 0.379 e. The van der Waals surface area contributed by atoms with Crippen LogP contribution in [-0.2, 0) is 0 Å². The van der Waals surface area contributed by atoms with Crippen LogP contribution < -0.4 is 0 Å². The van der Waals surface area contributed by atoms with Crippen molar-refractivity contribution in [3.05, 3.63) is 0 Å². The highest BCUT2D eigenvalue weighted by atomic mass is 16.3. The van der Waals surface area contributed by atoms with Gasteiger partial charge in [0.15, 0.2) is 0 Å². The molecular formula is C15H31NO. The van der Waals surface area contributed by atoms with Crippen LogP contribution in [0.2, 0.25) is 0 Å². The third-order valence-electron chi connectivity index (χ3n) is 4.72. The van der Waals surface area contributed by atoms with Crippen molar-refractivity contribution in [3.63, 3.8) is 0 Å². The zero-order valence-electron chi connectivity index (χ0n) is 12.2. The van der Waals surface area contributed by atoms with Gasteiger partial charge in [-0.2, -0.15) is 0 Å². The first-order valence-corrected chi connectivity index (χ1v) is 7.46. The second kappa shape index (κ2) is 7.38. The lowest BCUT2D eigenvalue weighted by atomic mass is 9.77. The Kier molecular flexibility index (Phi) is 6.50. The van der Waals surface area contributed by atoms with Crippen LogP contribution in [0, 0.1) is 11.8 Å². The number of aliphatic hydroxyl groups is 1. The van der Waals surface area contributed by atoms with Gasteiger partial charge in [-0.3, -0.25) is 4.90 Å². The molecule has 1 aliphatic rings. The Morgan fingerprint density at radius 3 is 2.24 bits per heavy atom. The fourth-order valence-corrected chi connectivity index (χ4v) is 3.14. The fourth-order valence-electron chi connectivity index (χ4n) is 3.14. The number of unbranched alkanes of at least 4 members (excludes halogenated alkanes) is 1. The Bertz CT molecular complexity index is 197. The van der Waals surface area contributed by atoms with Crippen LogP contribution in [0.3, 0.4) is 0 Å². The molecule has 0 amide bonds. The van der Waals surface area contributed by atoms with E-state index in [2.05, 4.69) is 25.8 Å². The molecule has 1 fully saturated rings. The number of hydrogen-bond acceptors (Lipinski definition) is 2.